The van der Waals surface area contributed by atoms with E-state index >= 15 is 0 Å². The number of amides is 1. The summed E-state index contributed by atoms with van der Waals surface area (Å²) >= 11 is 7.03. The summed E-state index contributed by atoms with van der Waals surface area (Å²) in [4.78, 5) is 23.2. The fourth-order valence-electron chi connectivity index (χ4n) is 1.40. The summed E-state index contributed by atoms with van der Waals surface area (Å²) in [5.74, 6) is -2.22. The highest BCUT2D eigenvalue weighted by atomic mass is 35.5. The maximum absolute atomic E-state index is 11.9. The Morgan fingerprint density at radius 1 is 1.50 bits per heavy atom. The number of aryl methyl sites for hydroxylation is 1. The number of hydrogen-bond acceptors (Lipinski definition) is 5. The number of carbonyl (C=O) groups excluding carboxylic acids is 1. The fraction of sp³-hybridized carbons (Fsp3) is 0.455. The summed E-state index contributed by atoms with van der Waals surface area (Å²) in [6, 6.07) is -1.27. The minimum atomic E-state index is -3.30. The van der Waals surface area contributed by atoms with E-state index in [9.17, 15) is 18.0 Å². The Morgan fingerprint density at radius 2 is 2.10 bits per heavy atom. The molecule has 1 unspecified atom stereocenters. The van der Waals surface area contributed by atoms with Crippen LogP contribution in [0.2, 0.25) is 5.02 Å². The van der Waals surface area contributed by atoms with Crippen LogP contribution in [0.1, 0.15) is 21.7 Å². The lowest BCUT2D eigenvalue weighted by molar-refractivity contribution is -0.139. The standard InChI is InChI=1S/C11H14ClNO5S2/c1-6-5-19-9(8(6)12)10(14)13-7(11(15)16)3-4-20(2,17)18/h5,7H,3-4H2,1-2H3,(H,13,14)(H,15,16). The van der Waals surface area contributed by atoms with Gasteiger partial charge in [-0.2, -0.15) is 0 Å². The molecule has 6 nitrogen and oxygen atoms in total. The van der Waals surface area contributed by atoms with Crippen molar-refractivity contribution in [2.45, 2.75) is 19.4 Å². The second kappa shape index (κ2) is 6.55. The third kappa shape index (κ3) is 4.77. The molecule has 112 valence electrons. The maximum Gasteiger partial charge on any atom is 0.326 e. The summed E-state index contributed by atoms with van der Waals surface area (Å²) in [6.07, 6.45) is 0.815. The first-order valence-electron chi connectivity index (χ1n) is 5.57. The van der Waals surface area contributed by atoms with Gasteiger partial charge in [0.25, 0.3) is 5.91 Å². The van der Waals surface area contributed by atoms with Crippen molar-refractivity contribution < 1.29 is 23.1 Å². The summed E-state index contributed by atoms with van der Waals surface area (Å²) in [7, 11) is -3.30. The van der Waals surface area contributed by atoms with Crippen LogP contribution in [0, 0.1) is 6.92 Å². The molecule has 0 aliphatic rings. The van der Waals surface area contributed by atoms with Crippen LogP contribution in [-0.2, 0) is 14.6 Å². The van der Waals surface area contributed by atoms with Crippen molar-refractivity contribution in [3.05, 3.63) is 20.8 Å². The molecule has 0 aliphatic heterocycles. The van der Waals surface area contributed by atoms with E-state index in [0.717, 1.165) is 23.2 Å². The van der Waals surface area contributed by atoms with Crippen molar-refractivity contribution in [1.29, 1.82) is 0 Å². The third-order valence-corrected chi connectivity index (χ3v) is 5.16. The highest BCUT2D eigenvalue weighted by Gasteiger charge is 2.24. The predicted molar refractivity (Wildman–Crippen MR) is 77.3 cm³/mol. The van der Waals surface area contributed by atoms with Crippen molar-refractivity contribution in [3.63, 3.8) is 0 Å². The Labute approximate surface area is 125 Å². The van der Waals surface area contributed by atoms with Crippen LogP contribution in [0.25, 0.3) is 0 Å². The molecule has 0 aliphatic carbocycles. The molecule has 2 N–H and O–H groups in total. The quantitative estimate of drug-likeness (QED) is 0.814. The van der Waals surface area contributed by atoms with E-state index in [1.807, 2.05) is 0 Å². The minimum absolute atomic E-state index is 0.193. The lowest BCUT2D eigenvalue weighted by Gasteiger charge is -2.13. The average molecular weight is 340 g/mol. The van der Waals surface area contributed by atoms with E-state index in [2.05, 4.69) is 5.32 Å². The molecule has 0 saturated carbocycles. The Kier molecular flexibility index (Phi) is 5.55. The Hall–Kier alpha value is -1.12. The number of rotatable bonds is 6. The van der Waals surface area contributed by atoms with Crippen molar-refractivity contribution in [2.24, 2.45) is 0 Å². The smallest absolute Gasteiger partial charge is 0.326 e. The number of nitrogens with one attached hydrogen (secondary N) is 1. The Bertz CT molecular complexity index is 623. The number of thiophene rings is 1. The van der Waals surface area contributed by atoms with Crippen molar-refractivity contribution in [1.82, 2.24) is 5.32 Å². The predicted octanol–water partition coefficient (Wildman–Crippen LogP) is 1.33. The maximum atomic E-state index is 11.9. The molecular weight excluding hydrogens is 326 g/mol. The Balaban J connectivity index is 2.78. The number of halogens is 1. The molecule has 0 bridgehead atoms. The number of carboxylic acid groups (broad SMARTS) is 1. The summed E-state index contributed by atoms with van der Waals surface area (Å²) < 4.78 is 22.1. The zero-order valence-corrected chi connectivity index (χ0v) is 13.2. The number of carbonyl (C=O) groups is 2. The molecule has 1 aromatic rings. The van der Waals surface area contributed by atoms with Crippen LogP contribution in [-0.4, -0.2) is 43.5 Å². The largest absolute Gasteiger partial charge is 0.480 e. The molecule has 9 heteroatoms. The fourth-order valence-corrected chi connectivity index (χ4v) is 3.24. The Morgan fingerprint density at radius 3 is 2.50 bits per heavy atom. The molecule has 0 aromatic carbocycles. The van der Waals surface area contributed by atoms with Gasteiger partial charge in [0.1, 0.15) is 20.8 Å². The summed E-state index contributed by atoms with van der Waals surface area (Å²) in [6.45, 7) is 1.73. The molecule has 1 atom stereocenters. The molecule has 1 heterocycles. The third-order valence-electron chi connectivity index (χ3n) is 2.49. The van der Waals surface area contributed by atoms with Gasteiger partial charge in [-0.3, -0.25) is 4.79 Å². The van der Waals surface area contributed by atoms with Gasteiger partial charge in [0.2, 0.25) is 0 Å². The number of hydrogen-bond donors (Lipinski definition) is 2. The molecule has 0 radical (unpaired) electrons. The van der Waals surface area contributed by atoms with Crippen molar-refractivity contribution in [2.75, 3.05) is 12.0 Å². The topological polar surface area (TPSA) is 101 Å². The van der Waals surface area contributed by atoms with E-state index in [0.29, 0.717) is 0 Å². The SMILES string of the molecule is Cc1csc(C(=O)NC(CCS(C)(=O)=O)C(=O)O)c1Cl. The van der Waals surface area contributed by atoms with Gasteiger partial charge in [0.05, 0.1) is 10.8 Å². The molecule has 1 rings (SSSR count). The van der Waals surface area contributed by atoms with E-state index in [4.69, 9.17) is 16.7 Å². The highest BCUT2D eigenvalue weighted by Crippen LogP contribution is 2.27. The van der Waals surface area contributed by atoms with Gasteiger partial charge in [-0.1, -0.05) is 11.6 Å². The van der Waals surface area contributed by atoms with Crippen LogP contribution >= 0.6 is 22.9 Å². The van der Waals surface area contributed by atoms with Gasteiger partial charge in [0, 0.05) is 6.26 Å². The number of sulfone groups is 1. The van der Waals surface area contributed by atoms with E-state index in [-0.39, 0.29) is 22.1 Å². The zero-order valence-electron chi connectivity index (χ0n) is 10.8. The average Bonchev–Trinajstić information content (AvgIpc) is 2.63. The monoisotopic (exact) mass is 339 g/mol. The van der Waals surface area contributed by atoms with Gasteiger partial charge in [-0.05, 0) is 24.3 Å². The molecule has 0 saturated heterocycles. The second-order valence-electron chi connectivity index (χ2n) is 4.34. The van der Waals surface area contributed by atoms with Crippen LogP contribution < -0.4 is 5.32 Å². The second-order valence-corrected chi connectivity index (χ2v) is 7.86. The van der Waals surface area contributed by atoms with Gasteiger partial charge in [-0.15, -0.1) is 11.3 Å². The number of aliphatic carboxylic acids is 1. The zero-order chi connectivity index (χ0) is 15.5. The van der Waals surface area contributed by atoms with Gasteiger partial charge < -0.3 is 10.4 Å². The normalized spacial score (nSPS) is 12.9. The lowest BCUT2D eigenvalue weighted by Crippen LogP contribution is -2.41. The van der Waals surface area contributed by atoms with Crippen molar-refractivity contribution in [3.8, 4) is 0 Å². The van der Waals surface area contributed by atoms with Crippen LogP contribution in [0.4, 0.5) is 0 Å². The molecule has 20 heavy (non-hydrogen) atoms. The molecular formula is C11H14ClNO5S2. The minimum Gasteiger partial charge on any atom is -0.480 e. The highest BCUT2D eigenvalue weighted by molar-refractivity contribution is 7.90. The summed E-state index contributed by atoms with van der Waals surface area (Å²) in [5.41, 5.74) is 0.727. The van der Waals surface area contributed by atoms with Gasteiger partial charge in [-0.25, -0.2) is 13.2 Å². The first-order chi connectivity index (χ1) is 9.11. The van der Waals surface area contributed by atoms with Gasteiger partial charge >= 0.3 is 5.97 Å². The van der Waals surface area contributed by atoms with Gasteiger partial charge in [0.15, 0.2) is 0 Å². The molecule has 1 aromatic heterocycles. The first kappa shape index (κ1) is 16.9. The molecule has 0 spiro atoms. The lowest BCUT2D eigenvalue weighted by atomic mass is 10.2. The molecule has 1 amide bonds. The van der Waals surface area contributed by atoms with Crippen LogP contribution in [0.5, 0.6) is 0 Å². The van der Waals surface area contributed by atoms with E-state index < -0.39 is 27.8 Å². The summed E-state index contributed by atoms with van der Waals surface area (Å²) in [5, 5.41) is 13.2. The van der Waals surface area contributed by atoms with E-state index in [1.165, 1.54) is 0 Å². The van der Waals surface area contributed by atoms with Crippen LogP contribution in [0.3, 0.4) is 0 Å². The van der Waals surface area contributed by atoms with E-state index in [1.54, 1.807) is 12.3 Å². The number of carboxylic acids is 1. The van der Waals surface area contributed by atoms with Crippen molar-refractivity contribution >= 4 is 44.7 Å². The van der Waals surface area contributed by atoms with Crippen LogP contribution in [0.15, 0.2) is 5.38 Å². The first-order valence-corrected chi connectivity index (χ1v) is 8.88. The molecule has 0 fully saturated rings.